The summed E-state index contributed by atoms with van der Waals surface area (Å²) < 4.78 is 5.47. The van der Waals surface area contributed by atoms with Crippen LogP contribution in [0.1, 0.15) is 71.6 Å². The third-order valence-corrected chi connectivity index (χ3v) is 9.04. The number of aliphatic hydroxyl groups excluding tert-OH is 3. The van der Waals surface area contributed by atoms with Crippen LogP contribution in [-0.4, -0.2) is 149 Å². The van der Waals surface area contributed by atoms with E-state index in [1.54, 1.807) is 0 Å². The standard InChI is InChI=1S/C33H56N10O13/c1-16(45)39-19(9-6-10-36-33(34)35)29(53)37-13-23(47)41-21(12-25(49)50)31(55)42-20(11-18-7-4-3-5-8-18)30(54)38-14-24(48)43-32-26(40-17(2)46)28(52)27(51)22(15-44)56-32/h18-22,26-28,32,44,51-52H,3-15H2,1-2H3,(H,37,53)(H,38,54)(H,39,45)(H,40,46)(H,41,47)(H,42,55)(H,43,48)(H,49,50)(H4,34,35,36)/t19-,20-,21-,22+,26+,27+,28+,32+/m0/s1. The number of aliphatic imine (C=N–C) groups is 1. The molecule has 2 rings (SSSR count). The summed E-state index contributed by atoms with van der Waals surface area (Å²) in [6.45, 7) is 0.385. The zero-order chi connectivity index (χ0) is 41.9. The molecular weight excluding hydrogens is 744 g/mol. The molecule has 0 unspecified atom stereocenters. The number of carboxylic acid groups (broad SMARTS) is 1. The van der Waals surface area contributed by atoms with Gasteiger partial charge in [0.15, 0.2) is 12.2 Å². The van der Waals surface area contributed by atoms with Gasteiger partial charge in [0.05, 0.1) is 26.1 Å². The van der Waals surface area contributed by atoms with Gasteiger partial charge in [-0.05, 0) is 25.2 Å². The van der Waals surface area contributed by atoms with E-state index in [0.717, 1.165) is 39.0 Å². The summed E-state index contributed by atoms with van der Waals surface area (Å²) in [5.41, 5.74) is 10.6. The quantitative estimate of drug-likeness (QED) is 0.0292. The fraction of sp³-hybridized carbons (Fsp3) is 0.727. The first kappa shape index (κ1) is 47.0. The van der Waals surface area contributed by atoms with Crippen LogP contribution >= 0.6 is 0 Å². The Kier molecular flexibility index (Phi) is 19.9. The molecule has 0 bridgehead atoms. The fourth-order valence-electron chi connectivity index (χ4n) is 6.33. The maximum atomic E-state index is 13.5. The minimum Gasteiger partial charge on any atom is -0.481 e. The van der Waals surface area contributed by atoms with Gasteiger partial charge in [0.25, 0.3) is 0 Å². The van der Waals surface area contributed by atoms with Crippen LogP contribution in [0.2, 0.25) is 0 Å². The number of rotatable bonds is 21. The van der Waals surface area contributed by atoms with Crippen molar-refractivity contribution in [3.05, 3.63) is 0 Å². The lowest BCUT2D eigenvalue weighted by Gasteiger charge is -2.42. The number of nitrogens with one attached hydrogen (secondary N) is 7. The molecule has 23 nitrogen and oxygen atoms in total. The van der Waals surface area contributed by atoms with Crippen molar-refractivity contribution >= 4 is 53.3 Å². The molecule has 2 fully saturated rings. The molecule has 7 amide bonds. The third kappa shape index (κ3) is 16.7. The summed E-state index contributed by atoms with van der Waals surface area (Å²) in [6, 6.07) is -5.35. The second kappa shape index (κ2) is 23.7. The summed E-state index contributed by atoms with van der Waals surface area (Å²) in [5, 5.41) is 56.4. The number of amides is 7. The second-order valence-corrected chi connectivity index (χ2v) is 13.7. The lowest BCUT2D eigenvalue weighted by molar-refractivity contribution is -0.203. The maximum Gasteiger partial charge on any atom is 0.305 e. The highest BCUT2D eigenvalue weighted by Gasteiger charge is 2.45. The SMILES string of the molecule is CC(=O)N[C@@H]1[C@@H](O)[C@H](O)[C@@H](CO)O[C@H]1NC(=O)CNC(=O)[C@H](CC1CCCCC1)NC(=O)[C@H](CC(=O)O)NC(=O)CNC(=O)[C@H](CCCN=C(N)N)NC(C)=O. The molecule has 2 aliphatic rings. The van der Waals surface area contributed by atoms with E-state index in [-0.39, 0.29) is 31.3 Å². The van der Waals surface area contributed by atoms with Crippen molar-refractivity contribution in [3.8, 4) is 0 Å². The van der Waals surface area contributed by atoms with E-state index >= 15 is 0 Å². The summed E-state index contributed by atoms with van der Waals surface area (Å²) in [5.74, 6) is -7.17. The molecule has 23 heteroatoms. The predicted molar refractivity (Wildman–Crippen MR) is 194 cm³/mol. The van der Waals surface area contributed by atoms with Crippen LogP contribution in [0.25, 0.3) is 0 Å². The molecular formula is C33H56N10O13. The number of nitrogens with zero attached hydrogens (tertiary/aromatic N) is 1. The third-order valence-electron chi connectivity index (χ3n) is 9.04. The molecule has 1 saturated carbocycles. The smallest absolute Gasteiger partial charge is 0.305 e. The monoisotopic (exact) mass is 800 g/mol. The highest BCUT2D eigenvalue weighted by Crippen LogP contribution is 2.27. The molecule has 316 valence electrons. The first-order valence-corrected chi connectivity index (χ1v) is 18.3. The van der Waals surface area contributed by atoms with Gasteiger partial charge >= 0.3 is 5.97 Å². The number of nitrogens with two attached hydrogens (primary N) is 2. The topological polar surface area (TPSA) is 375 Å². The zero-order valence-corrected chi connectivity index (χ0v) is 31.5. The minimum absolute atomic E-state index is 0.00948. The summed E-state index contributed by atoms with van der Waals surface area (Å²) in [4.78, 5) is 104. The average molecular weight is 801 g/mol. The van der Waals surface area contributed by atoms with E-state index in [0.29, 0.717) is 6.42 Å². The average Bonchev–Trinajstić information content (AvgIpc) is 3.13. The van der Waals surface area contributed by atoms with Gasteiger partial charge in [0.2, 0.25) is 41.4 Å². The van der Waals surface area contributed by atoms with Crippen molar-refractivity contribution in [3.63, 3.8) is 0 Å². The van der Waals surface area contributed by atoms with E-state index < -0.39 is 122 Å². The number of hydrogen-bond acceptors (Lipinski definition) is 13. The molecule has 1 heterocycles. The molecule has 56 heavy (non-hydrogen) atoms. The summed E-state index contributed by atoms with van der Waals surface area (Å²) in [7, 11) is 0. The van der Waals surface area contributed by atoms with E-state index in [1.165, 1.54) is 6.92 Å². The van der Waals surface area contributed by atoms with Gasteiger partial charge in [-0.1, -0.05) is 32.1 Å². The molecule has 0 aromatic rings. The van der Waals surface area contributed by atoms with Crippen molar-refractivity contribution < 1.29 is 63.5 Å². The van der Waals surface area contributed by atoms with Crippen LogP contribution < -0.4 is 48.7 Å². The second-order valence-electron chi connectivity index (χ2n) is 13.7. The number of carbonyl (C=O) groups excluding carboxylic acids is 7. The van der Waals surface area contributed by atoms with Gasteiger partial charge in [0, 0.05) is 20.4 Å². The van der Waals surface area contributed by atoms with Crippen molar-refractivity contribution in [2.45, 2.75) is 120 Å². The van der Waals surface area contributed by atoms with Crippen molar-refractivity contribution in [2.24, 2.45) is 22.4 Å². The number of ether oxygens (including phenoxy) is 1. The van der Waals surface area contributed by atoms with Crippen molar-refractivity contribution in [1.82, 2.24) is 37.2 Å². The van der Waals surface area contributed by atoms with Gasteiger partial charge in [-0.3, -0.25) is 43.3 Å². The number of hydrogen-bond donors (Lipinski definition) is 13. The molecule has 0 aromatic heterocycles. The normalized spacial score (nSPS) is 22.5. The Hall–Kier alpha value is -5.13. The highest BCUT2D eigenvalue weighted by molar-refractivity contribution is 5.96. The minimum atomic E-state index is -1.69. The van der Waals surface area contributed by atoms with Gasteiger partial charge in [-0.25, -0.2) is 0 Å². The van der Waals surface area contributed by atoms with Crippen LogP contribution in [0.5, 0.6) is 0 Å². The van der Waals surface area contributed by atoms with Crippen molar-refractivity contribution in [1.29, 1.82) is 0 Å². The van der Waals surface area contributed by atoms with E-state index in [4.69, 9.17) is 16.2 Å². The molecule has 1 aliphatic heterocycles. The lowest BCUT2D eigenvalue weighted by Crippen LogP contribution is -2.68. The molecule has 0 spiro atoms. The molecule has 15 N–H and O–H groups in total. The van der Waals surface area contributed by atoms with Gasteiger partial charge in [-0.15, -0.1) is 0 Å². The van der Waals surface area contributed by atoms with E-state index in [1.807, 2.05) is 0 Å². The maximum absolute atomic E-state index is 13.5. The number of aliphatic carboxylic acids is 1. The van der Waals surface area contributed by atoms with Gasteiger partial charge in [0.1, 0.15) is 42.5 Å². The van der Waals surface area contributed by atoms with Crippen LogP contribution in [0.3, 0.4) is 0 Å². The summed E-state index contributed by atoms with van der Waals surface area (Å²) >= 11 is 0. The Bertz CT molecular complexity index is 1420. The van der Waals surface area contributed by atoms with Crippen LogP contribution in [-0.2, 0) is 43.1 Å². The summed E-state index contributed by atoms with van der Waals surface area (Å²) in [6.07, 6.45) is -2.09. The number of guanidine groups is 1. The fourth-order valence-corrected chi connectivity index (χ4v) is 6.33. The number of aliphatic hydroxyl groups is 3. The van der Waals surface area contributed by atoms with Gasteiger partial charge in [-0.2, -0.15) is 0 Å². The van der Waals surface area contributed by atoms with Gasteiger partial charge < -0.3 is 73.8 Å². The molecule has 1 saturated heterocycles. The number of carboxylic acids is 1. The predicted octanol–water partition coefficient (Wildman–Crippen LogP) is -5.75. The Morgan fingerprint density at radius 1 is 0.768 bits per heavy atom. The number of carbonyl (C=O) groups is 8. The molecule has 0 aromatic carbocycles. The lowest BCUT2D eigenvalue weighted by atomic mass is 9.84. The molecule has 1 aliphatic carbocycles. The Morgan fingerprint density at radius 3 is 1.96 bits per heavy atom. The largest absolute Gasteiger partial charge is 0.481 e. The first-order valence-electron chi connectivity index (χ1n) is 18.3. The van der Waals surface area contributed by atoms with Crippen LogP contribution in [0, 0.1) is 5.92 Å². The molecule has 0 radical (unpaired) electrons. The Morgan fingerprint density at radius 2 is 1.39 bits per heavy atom. The zero-order valence-electron chi connectivity index (χ0n) is 31.5. The molecule has 8 atom stereocenters. The Labute approximate surface area is 322 Å². The van der Waals surface area contributed by atoms with Crippen LogP contribution in [0.4, 0.5) is 0 Å². The first-order chi connectivity index (χ1) is 26.4. The Balaban J connectivity index is 2.11. The van der Waals surface area contributed by atoms with Crippen LogP contribution in [0.15, 0.2) is 4.99 Å². The highest BCUT2D eigenvalue weighted by atomic mass is 16.5. The van der Waals surface area contributed by atoms with E-state index in [2.05, 4.69) is 42.2 Å². The van der Waals surface area contributed by atoms with E-state index in [9.17, 15) is 58.8 Å². The van der Waals surface area contributed by atoms with Crippen molar-refractivity contribution in [2.75, 3.05) is 26.2 Å².